The molecule has 2 aliphatic rings. The van der Waals surface area contributed by atoms with E-state index in [2.05, 4.69) is 276 Å². The second-order valence-corrected chi connectivity index (χ2v) is 37.0. The summed E-state index contributed by atoms with van der Waals surface area (Å²) >= 11 is 0. The van der Waals surface area contributed by atoms with Crippen molar-refractivity contribution in [2.24, 2.45) is 0 Å². The van der Waals surface area contributed by atoms with Crippen LogP contribution in [0.15, 0.2) is 313 Å². The molecule has 0 bridgehead atoms. The summed E-state index contributed by atoms with van der Waals surface area (Å²) < 4.78 is 165. The minimum atomic E-state index is -0.703. The topological polar surface area (TPSA) is 34.4 Å². The van der Waals surface area contributed by atoms with Crippen LogP contribution in [0.25, 0.3) is 138 Å². The zero-order valence-electron chi connectivity index (χ0n) is 84.4. The van der Waals surface area contributed by atoms with Crippen molar-refractivity contribution < 1.29 is 26.3 Å². The molecule has 117 heavy (non-hydrogen) atoms. The normalized spacial score (nSPS) is 15.3. The van der Waals surface area contributed by atoms with Gasteiger partial charge in [-0.15, -0.1) is 0 Å². The fourth-order valence-electron chi connectivity index (χ4n) is 18.3. The van der Waals surface area contributed by atoms with Crippen LogP contribution in [-0.2, 0) is 27.1 Å². The summed E-state index contributed by atoms with van der Waals surface area (Å²) in [4.78, 5) is 4.72. The first-order chi connectivity index (χ1) is 62.8. The van der Waals surface area contributed by atoms with Crippen LogP contribution in [0.1, 0.15) is 154 Å². The Kier molecular flexibility index (Phi) is 12.5. The van der Waals surface area contributed by atoms with Crippen LogP contribution < -0.4 is 26.2 Å². The van der Waals surface area contributed by atoms with E-state index < -0.39 is 109 Å². The minimum absolute atomic E-state index is 0.0265. The summed E-state index contributed by atoms with van der Waals surface area (Å²) in [5.41, 5.74) is 20.0. The van der Waals surface area contributed by atoms with Gasteiger partial charge in [0.1, 0.15) is 0 Å². The molecule has 0 fully saturated rings. The van der Waals surface area contributed by atoms with Crippen LogP contribution in [0.4, 0.5) is 34.1 Å². The molecular formula is C110H96BN5O. The minimum Gasteiger partial charge on any atom is -0.452 e. The van der Waals surface area contributed by atoms with Gasteiger partial charge in [0.05, 0.1) is 72.1 Å². The highest BCUT2D eigenvalue weighted by Crippen LogP contribution is 2.55. The molecule has 0 spiro atoms. The third-order valence-electron chi connectivity index (χ3n) is 24.4. The SMILES string of the molecule is [2H]c1c([2H])c([2H])c2c(c1[2H])c1c([2H])c([2H])c([2H])c([2H])c1n2-c1ccc2c(c1)N(c1c(-c3ccccc3)cc(C(C)(C)C)cc1-c1ccccc1)c1cc(-c3cc(C(C)(C)C)cc(C(C)(C)C)c3)cc3c1B2c1ccc(-n2c4ccc(C(C)(C)C)cc4c4cc(C(C)(C)C)ccc42)cc1N3c1cccc2c1oc1c(-n3c4c([2H])c([2H])c([2H])c([2H])c4c4c([2H])c([2H])c([2H])c([2H])c43)cccc12. The van der Waals surface area contributed by atoms with Crippen molar-refractivity contribution in [3.63, 3.8) is 0 Å². The smallest absolute Gasteiger partial charge is 0.252 e. The predicted molar refractivity (Wildman–Crippen MR) is 501 cm³/mol. The number of hydrogen-bond donors (Lipinski definition) is 0. The van der Waals surface area contributed by atoms with Crippen molar-refractivity contribution in [3.05, 3.63) is 337 Å². The molecule has 2 aliphatic heterocycles. The molecule has 7 heteroatoms. The van der Waals surface area contributed by atoms with E-state index in [1.807, 2.05) is 48.5 Å². The third-order valence-corrected chi connectivity index (χ3v) is 24.4. The lowest BCUT2D eigenvalue weighted by molar-refractivity contribution is 0.569. The van der Waals surface area contributed by atoms with E-state index in [0.717, 1.165) is 117 Å². The Bertz CT molecular complexity index is 8060. The van der Waals surface area contributed by atoms with E-state index >= 15 is 0 Å². The summed E-state index contributed by atoms with van der Waals surface area (Å²) in [7, 11) is 0. The molecule has 0 atom stereocenters. The number of para-hydroxylation sites is 6. The predicted octanol–water partition coefficient (Wildman–Crippen LogP) is 28.4. The molecule has 0 unspecified atom stereocenters. The van der Waals surface area contributed by atoms with Gasteiger partial charge < -0.3 is 27.9 Å². The second-order valence-electron chi connectivity index (χ2n) is 37.0. The van der Waals surface area contributed by atoms with Gasteiger partial charge in [-0.05, 0) is 203 Å². The number of nitrogens with zero attached hydrogens (tertiary/aromatic N) is 5. The van der Waals surface area contributed by atoms with Crippen molar-refractivity contribution in [2.75, 3.05) is 9.80 Å². The molecule has 15 aromatic carbocycles. The molecule has 6 nitrogen and oxygen atoms in total. The van der Waals surface area contributed by atoms with Crippen molar-refractivity contribution >= 4 is 145 Å². The number of furan rings is 1. The number of aromatic nitrogens is 3. The van der Waals surface area contributed by atoms with E-state index in [1.165, 1.54) is 15.7 Å². The maximum absolute atomic E-state index is 10.0. The number of benzene rings is 15. The van der Waals surface area contributed by atoms with Crippen LogP contribution in [0.5, 0.6) is 0 Å². The van der Waals surface area contributed by atoms with E-state index in [4.69, 9.17) is 7.16 Å². The molecule has 4 aromatic heterocycles. The van der Waals surface area contributed by atoms with Crippen LogP contribution in [-0.4, -0.2) is 20.4 Å². The average Bonchev–Trinajstić information content (AvgIpc) is 0.980. The number of hydrogen-bond acceptors (Lipinski definition) is 3. The summed E-state index contributed by atoms with van der Waals surface area (Å²) in [5, 5.41) is 3.17. The van der Waals surface area contributed by atoms with Crippen molar-refractivity contribution in [3.8, 4) is 50.4 Å². The third kappa shape index (κ3) is 11.3. The van der Waals surface area contributed by atoms with E-state index in [9.17, 15) is 19.2 Å². The van der Waals surface area contributed by atoms with Gasteiger partial charge in [0.25, 0.3) is 6.71 Å². The van der Waals surface area contributed by atoms with Crippen molar-refractivity contribution in [1.82, 2.24) is 13.7 Å². The van der Waals surface area contributed by atoms with Crippen molar-refractivity contribution in [2.45, 2.75) is 131 Å². The van der Waals surface area contributed by atoms with Crippen LogP contribution in [0.3, 0.4) is 0 Å². The summed E-state index contributed by atoms with van der Waals surface area (Å²) in [5.74, 6) is 0. The number of anilines is 6. The number of rotatable bonds is 8. The molecule has 0 saturated carbocycles. The fourth-order valence-corrected chi connectivity index (χ4v) is 18.3. The standard InChI is InChI=1S/C110H96BN5O/c1-106(2,3)71-48-54-94-86(61-71)87-62-72(107(4,5)6)49-55-95(87)113(94)76-50-52-88-98(65-76)115(97-47-31-41-83-82-40-30-46-96(104(82)117-105(83)97)114-92-44-28-24-38-80(92)81-39-25-29-45-93(81)114)100-58-70(69-56-73(108(7,8)9)60-74(57-69)109(10,11)12)59-101-102(100)111(88)89-53-51-77(112-90-42-26-22-36-78(90)79-37-23-27-43-91(79)112)66-99(89)116(101)103-84(67-32-18-16-19-33-67)63-75(110(13,14)15)64-85(103)68-34-20-17-21-35-68/h16-66H,1-15H3/i22D,23D,24D,25D,26D,27D,28D,29D,36D,37D,38D,39D,42D,43D,44D,45D. The summed E-state index contributed by atoms with van der Waals surface area (Å²) in [6, 6.07) is 67.0. The van der Waals surface area contributed by atoms with Gasteiger partial charge in [0.2, 0.25) is 0 Å². The molecule has 0 saturated heterocycles. The summed E-state index contributed by atoms with van der Waals surface area (Å²) in [6.07, 6.45) is 0. The lowest BCUT2D eigenvalue weighted by Gasteiger charge is -2.45. The Morgan fingerprint density at radius 2 is 0.650 bits per heavy atom. The zero-order chi connectivity index (χ0) is 94.2. The first-order valence-electron chi connectivity index (χ1n) is 48.4. The van der Waals surface area contributed by atoms with Crippen LogP contribution in [0, 0.1) is 0 Å². The lowest BCUT2D eigenvalue weighted by atomic mass is 9.33. The van der Waals surface area contributed by atoms with Crippen LogP contribution in [0.2, 0.25) is 0 Å². The summed E-state index contributed by atoms with van der Waals surface area (Å²) in [6.45, 7) is 32.8. The second kappa shape index (κ2) is 25.8. The van der Waals surface area contributed by atoms with Gasteiger partial charge in [-0.25, -0.2) is 0 Å². The Morgan fingerprint density at radius 3 is 1.10 bits per heavy atom. The van der Waals surface area contributed by atoms with Crippen molar-refractivity contribution in [1.29, 1.82) is 0 Å². The number of fused-ring (bicyclic) bond motifs is 16. The first-order valence-corrected chi connectivity index (χ1v) is 40.4. The van der Waals surface area contributed by atoms with Gasteiger partial charge in [0, 0.05) is 88.3 Å². The van der Waals surface area contributed by atoms with E-state index in [1.54, 1.807) is 10.6 Å². The first kappa shape index (κ1) is 56.4. The fraction of sp³-hybridized carbons (Fsp3) is 0.182. The molecule has 21 rings (SSSR count). The quantitative estimate of drug-likeness (QED) is 0.142. The van der Waals surface area contributed by atoms with E-state index in [0.29, 0.717) is 33.4 Å². The maximum atomic E-state index is 10.0. The van der Waals surface area contributed by atoms with Crippen LogP contribution >= 0.6 is 0 Å². The molecular weight excluding hydrogens is 1420 g/mol. The Balaban J connectivity index is 0.968. The molecule has 19 aromatic rings. The van der Waals surface area contributed by atoms with Gasteiger partial charge in [-0.2, -0.15) is 0 Å². The van der Waals surface area contributed by atoms with Gasteiger partial charge in [0.15, 0.2) is 11.2 Å². The molecule has 570 valence electrons. The maximum Gasteiger partial charge on any atom is 0.252 e. The molecule has 0 amide bonds. The average molecular weight is 1530 g/mol. The highest BCUT2D eigenvalue weighted by molar-refractivity contribution is 7.00. The van der Waals surface area contributed by atoms with Gasteiger partial charge in [-0.3, -0.25) is 0 Å². The Labute approximate surface area is 709 Å². The monoisotopic (exact) mass is 1530 g/mol. The molecule has 6 heterocycles. The molecule has 0 N–H and O–H groups in total. The highest BCUT2D eigenvalue weighted by Gasteiger charge is 2.46. The Morgan fingerprint density at radius 1 is 0.265 bits per heavy atom. The van der Waals surface area contributed by atoms with Gasteiger partial charge >= 0.3 is 0 Å². The zero-order valence-corrected chi connectivity index (χ0v) is 68.4. The Hall–Kier alpha value is -12.8. The molecule has 0 radical (unpaired) electrons. The van der Waals surface area contributed by atoms with Gasteiger partial charge in [-0.1, -0.05) is 304 Å². The lowest BCUT2D eigenvalue weighted by Crippen LogP contribution is -2.61. The largest absolute Gasteiger partial charge is 0.452 e. The highest BCUT2D eigenvalue weighted by atomic mass is 16.3. The van der Waals surface area contributed by atoms with E-state index in [-0.39, 0.29) is 76.5 Å². The molecule has 0 aliphatic carbocycles.